The highest BCUT2D eigenvalue weighted by Crippen LogP contribution is 2.28. The van der Waals surface area contributed by atoms with Crippen LogP contribution in [-0.2, 0) is 12.8 Å². The number of nitrogens with zero attached hydrogens (tertiary/aromatic N) is 1. The Balaban J connectivity index is 2.45. The number of aliphatic hydroxyl groups excluding tert-OH is 1. The summed E-state index contributed by atoms with van der Waals surface area (Å²) in [7, 11) is 0. The van der Waals surface area contributed by atoms with Crippen molar-refractivity contribution in [1.82, 2.24) is 0 Å². The van der Waals surface area contributed by atoms with E-state index in [1.807, 2.05) is 38.3 Å². The van der Waals surface area contributed by atoms with Gasteiger partial charge in [0.1, 0.15) is 6.26 Å². The number of benzene rings is 2. The molecule has 0 fully saturated rings. The summed E-state index contributed by atoms with van der Waals surface area (Å²) in [6, 6.07) is 10.6. The monoisotopic (exact) mass is 592 g/mol. The predicted octanol–water partition coefficient (Wildman–Crippen LogP) is 10.9. The second-order valence-electron chi connectivity index (χ2n) is 11.1. The zero-order chi connectivity index (χ0) is 32.2. The molecule has 232 valence electrons. The number of hydrogen-bond acceptors (Lipinski definition) is 3. The largest absolute Gasteiger partial charge is 0.513 e. The molecule has 0 amide bonds. The molecule has 3 nitrogen and oxygen atoms in total. The minimum absolute atomic E-state index is 0.219. The van der Waals surface area contributed by atoms with Crippen molar-refractivity contribution < 1.29 is 18.3 Å². The number of halogens is 3. The maximum Gasteiger partial charge on any atom is 0.393 e. The molecular weight excluding hydrogens is 545 g/mol. The van der Waals surface area contributed by atoms with Gasteiger partial charge in [0.15, 0.2) is 0 Å². The van der Waals surface area contributed by atoms with Gasteiger partial charge in [0.05, 0.1) is 12.1 Å². The van der Waals surface area contributed by atoms with Crippen LogP contribution in [0.4, 0.5) is 18.9 Å². The van der Waals surface area contributed by atoms with Gasteiger partial charge in [-0.15, -0.1) is 0 Å². The SMILES string of the molecule is CCCC(/N=C\C(C#Cc1cc(/C(=C/O)Nc2ccc(CC)c(CC(F)(F)F)c2)ccc1C)=C(/C)CC)=C(/C)C(C)CC. The predicted molar refractivity (Wildman–Crippen MR) is 176 cm³/mol. The van der Waals surface area contributed by atoms with Gasteiger partial charge in [-0.1, -0.05) is 76.7 Å². The van der Waals surface area contributed by atoms with Crippen molar-refractivity contribution in [3.05, 3.63) is 92.9 Å². The normalized spacial score (nSPS) is 14.2. The Morgan fingerprint density at radius 3 is 2.35 bits per heavy atom. The molecule has 0 aliphatic rings. The first-order valence-electron chi connectivity index (χ1n) is 15.2. The highest BCUT2D eigenvalue weighted by Gasteiger charge is 2.28. The topological polar surface area (TPSA) is 44.6 Å². The van der Waals surface area contributed by atoms with Crippen molar-refractivity contribution in [2.45, 2.75) is 100 Å². The second kappa shape index (κ2) is 16.8. The first kappa shape index (κ1) is 35.5. The van der Waals surface area contributed by atoms with E-state index in [1.165, 1.54) is 11.6 Å². The highest BCUT2D eigenvalue weighted by molar-refractivity contribution is 5.87. The summed E-state index contributed by atoms with van der Waals surface area (Å²) in [4.78, 5) is 4.91. The zero-order valence-electron chi connectivity index (χ0n) is 27.0. The van der Waals surface area contributed by atoms with E-state index in [0.29, 0.717) is 34.9 Å². The lowest BCUT2D eigenvalue weighted by molar-refractivity contribution is -0.127. The van der Waals surface area contributed by atoms with Crippen LogP contribution in [-0.4, -0.2) is 17.5 Å². The third-order valence-electron chi connectivity index (χ3n) is 7.90. The average Bonchev–Trinajstić information content (AvgIpc) is 2.98. The molecule has 0 spiro atoms. The molecule has 0 bridgehead atoms. The molecule has 43 heavy (non-hydrogen) atoms. The summed E-state index contributed by atoms with van der Waals surface area (Å²) in [5, 5.41) is 13.2. The number of hydrogen-bond donors (Lipinski definition) is 2. The van der Waals surface area contributed by atoms with Crippen LogP contribution < -0.4 is 5.32 Å². The second-order valence-corrected chi connectivity index (χ2v) is 11.1. The Labute approximate surface area is 256 Å². The van der Waals surface area contributed by atoms with Crippen molar-refractivity contribution in [3.8, 4) is 11.8 Å². The van der Waals surface area contributed by atoms with Crippen LogP contribution in [0.1, 0.15) is 102 Å². The molecule has 0 aliphatic carbocycles. The van der Waals surface area contributed by atoms with Gasteiger partial charge in [0, 0.05) is 34.3 Å². The molecule has 0 aromatic heterocycles. The van der Waals surface area contributed by atoms with Crippen LogP contribution in [0.2, 0.25) is 0 Å². The molecule has 1 unspecified atom stereocenters. The Morgan fingerprint density at radius 1 is 1.05 bits per heavy atom. The number of nitrogens with one attached hydrogen (secondary N) is 1. The van der Waals surface area contributed by atoms with Crippen LogP contribution in [0.3, 0.4) is 0 Å². The lowest BCUT2D eigenvalue weighted by atomic mass is 9.96. The Bertz CT molecular complexity index is 1430. The van der Waals surface area contributed by atoms with Crippen LogP contribution >= 0.6 is 0 Å². The molecule has 6 heteroatoms. The minimum Gasteiger partial charge on any atom is -0.513 e. The van der Waals surface area contributed by atoms with Crippen LogP contribution in [0.5, 0.6) is 0 Å². The fraction of sp³-hybridized carbons (Fsp3) is 0.432. The van der Waals surface area contributed by atoms with Gasteiger partial charge in [-0.05, 0) is 92.8 Å². The molecule has 0 heterocycles. The fourth-order valence-corrected chi connectivity index (χ4v) is 4.60. The van der Waals surface area contributed by atoms with Gasteiger partial charge >= 0.3 is 6.18 Å². The molecule has 0 saturated carbocycles. The molecule has 0 aliphatic heterocycles. The van der Waals surface area contributed by atoms with Crippen LogP contribution in [0, 0.1) is 24.7 Å². The molecular formula is C37H47F3N2O. The van der Waals surface area contributed by atoms with Crippen molar-refractivity contribution in [2.24, 2.45) is 10.9 Å². The van der Waals surface area contributed by atoms with Gasteiger partial charge in [0.25, 0.3) is 0 Å². The van der Waals surface area contributed by atoms with E-state index < -0.39 is 12.6 Å². The van der Waals surface area contributed by atoms with Crippen LogP contribution in [0.25, 0.3) is 5.70 Å². The maximum absolute atomic E-state index is 13.2. The zero-order valence-corrected chi connectivity index (χ0v) is 27.0. The van der Waals surface area contributed by atoms with Crippen molar-refractivity contribution in [2.75, 3.05) is 5.32 Å². The molecule has 2 aromatic carbocycles. The summed E-state index contributed by atoms with van der Waals surface area (Å²) < 4.78 is 39.5. The minimum atomic E-state index is -4.31. The molecule has 2 rings (SSSR count). The van der Waals surface area contributed by atoms with Crippen molar-refractivity contribution in [1.29, 1.82) is 0 Å². The number of rotatable bonds is 12. The lowest BCUT2D eigenvalue weighted by Crippen LogP contribution is -2.13. The van der Waals surface area contributed by atoms with Gasteiger partial charge < -0.3 is 10.4 Å². The Hall–Kier alpha value is -3.72. The molecule has 2 N–H and O–H groups in total. The van der Waals surface area contributed by atoms with Crippen molar-refractivity contribution >= 4 is 17.6 Å². The Kier molecular flexibility index (Phi) is 13.9. The van der Waals surface area contributed by atoms with Crippen LogP contribution in [0.15, 0.2) is 70.1 Å². The summed E-state index contributed by atoms with van der Waals surface area (Å²) in [5.74, 6) is 7.11. The highest BCUT2D eigenvalue weighted by atomic mass is 19.4. The molecule has 0 saturated heterocycles. The first-order valence-corrected chi connectivity index (χ1v) is 15.2. The van der Waals surface area contributed by atoms with E-state index in [4.69, 9.17) is 4.99 Å². The maximum atomic E-state index is 13.2. The quantitative estimate of drug-likeness (QED) is 0.146. The third kappa shape index (κ3) is 10.8. The summed E-state index contributed by atoms with van der Waals surface area (Å²) in [6.07, 6.45) is 1.86. The lowest BCUT2D eigenvalue weighted by Gasteiger charge is -2.16. The third-order valence-corrected chi connectivity index (χ3v) is 7.90. The number of alkyl halides is 3. The standard InChI is InChI=1S/C37H47F3N2O/c1-9-13-35(28(8)25(5)10-2)41-23-32(26(6)11-3)17-16-30-20-31(15-14-27(30)7)36(24-43)42-34-19-18-29(12-4)33(21-34)22-37(38,39)40/h14-15,18-21,23-25,42-43H,9-13,22H2,1-8H3/b32-26+,35-28+,36-24-,41-23-. The van der Waals surface area contributed by atoms with Crippen molar-refractivity contribution in [3.63, 3.8) is 0 Å². The summed E-state index contributed by atoms with van der Waals surface area (Å²) in [6.45, 7) is 16.7. The van der Waals surface area contributed by atoms with E-state index in [0.717, 1.165) is 59.9 Å². The van der Waals surface area contributed by atoms with Gasteiger partial charge in [0.2, 0.25) is 0 Å². The number of aliphatic imine (C=N–C) groups is 1. The number of anilines is 1. The van der Waals surface area contributed by atoms with E-state index in [2.05, 4.69) is 58.7 Å². The summed E-state index contributed by atoms with van der Waals surface area (Å²) >= 11 is 0. The van der Waals surface area contributed by atoms with E-state index >= 15 is 0 Å². The average molecular weight is 593 g/mol. The smallest absolute Gasteiger partial charge is 0.393 e. The summed E-state index contributed by atoms with van der Waals surface area (Å²) in [5.41, 5.74) is 8.57. The number of aryl methyl sites for hydroxylation is 2. The first-order chi connectivity index (χ1) is 20.4. The van der Waals surface area contributed by atoms with Gasteiger partial charge in [-0.25, -0.2) is 0 Å². The van der Waals surface area contributed by atoms with E-state index in [9.17, 15) is 18.3 Å². The van der Waals surface area contributed by atoms with Gasteiger partial charge in [-0.3, -0.25) is 4.99 Å². The fourth-order valence-electron chi connectivity index (χ4n) is 4.60. The van der Waals surface area contributed by atoms with Gasteiger partial charge in [-0.2, -0.15) is 13.2 Å². The number of allylic oxidation sites excluding steroid dienone is 4. The van der Waals surface area contributed by atoms with E-state index in [-0.39, 0.29) is 5.56 Å². The Morgan fingerprint density at radius 2 is 1.77 bits per heavy atom. The molecule has 0 radical (unpaired) electrons. The van der Waals surface area contributed by atoms with E-state index in [1.54, 1.807) is 12.1 Å². The molecule has 2 aromatic rings. The number of aliphatic hydroxyl groups is 1. The molecule has 1 atom stereocenters.